The number of thiazole rings is 1. The molecule has 1 aromatic carbocycles. The molecule has 3 heteroatoms. The quantitative estimate of drug-likeness (QED) is 0.705. The number of fused-ring (bicyclic) bond motifs is 1. The van der Waals surface area contributed by atoms with Crippen LogP contribution in [0.5, 0.6) is 0 Å². The first-order chi connectivity index (χ1) is 6.07. The van der Waals surface area contributed by atoms with Crippen molar-refractivity contribution in [3.8, 4) is 0 Å². The third kappa shape index (κ3) is 1.71. The normalized spacial score (nSPS) is 13.5. The number of nitrogens with zero attached hydrogens (tertiary/aromatic N) is 1. The summed E-state index contributed by atoms with van der Waals surface area (Å²) in [5, 5.41) is 0. The van der Waals surface area contributed by atoms with Crippen LogP contribution in [0, 0.1) is 0 Å². The van der Waals surface area contributed by atoms with Gasteiger partial charge >= 0.3 is 0 Å². The van der Waals surface area contributed by atoms with Crippen molar-refractivity contribution in [3.63, 3.8) is 0 Å². The number of hydrogen-bond donors (Lipinski definition) is 0. The lowest BCUT2D eigenvalue weighted by atomic mass is 10.3. The summed E-state index contributed by atoms with van der Waals surface area (Å²) in [5.74, 6) is 0. The Labute approximate surface area is 84.1 Å². The minimum atomic E-state index is -0.657. The molecule has 1 nitrogen and oxygen atoms in total. The van der Waals surface area contributed by atoms with Crippen LogP contribution in [0.25, 0.3) is 10.2 Å². The van der Waals surface area contributed by atoms with Crippen LogP contribution in [0.15, 0.2) is 28.6 Å². The second kappa shape index (κ2) is 3.00. The summed E-state index contributed by atoms with van der Waals surface area (Å²) in [6.07, 6.45) is 6.85. The van der Waals surface area contributed by atoms with Gasteiger partial charge in [0.1, 0.15) is 4.34 Å². The van der Waals surface area contributed by atoms with Crippen LogP contribution in [0.4, 0.5) is 0 Å². The monoisotopic (exact) mass is 211 g/mol. The topological polar surface area (TPSA) is 12.9 Å². The lowest BCUT2D eigenvalue weighted by Gasteiger charge is -2.20. The van der Waals surface area contributed by atoms with E-state index in [1.54, 1.807) is 0 Å². The molecule has 70 valence electrons. The molecule has 0 saturated heterocycles. The van der Waals surface area contributed by atoms with E-state index >= 15 is 0 Å². The number of para-hydroxylation sites is 1. The molecule has 2 aromatic rings. The van der Waals surface area contributed by atoms with Crippen LogP contribution in [0.3, 0.4) is 0 Å². The molecule has 0 aliphatic rings. The molecule has 0 radical (unpaired) electrons. The molecule has 0 saturated carbocycles. The van der Waals surface area contributed by atoms with Gasteiger partial charge in [0.15, 0.2) is 0 Å². The van der Waals surface area contributed by atoms with Gasteiger partial charge in [-0.15, -0.1) is 11.3 Å². The maximum absolute atomic E-state index is 4.64. The summed E-state index contributed by atoms with van der Waals surface area (Å²) < 4.78 is 2.61. The van der Waals surface area contributed by atoms with Crippen molar-refractivity contribution >= 4 is 31.6 Å². The van der Waals surface area contributed by atoms with E-state index in [1.807, 2.05) is 17.4 Å². The second-order valence-electron chi connectivity index (χ2n) is 3.78. The van der Waals surface area contributed by atoms with E-state index in [9.17, 15) is 0 Å². The summed E-state index contributed by atoms with van der Waals surface area (Å²) >= 11 is 1.83. The maximum Gasteiger partial charge on any atom is 0.133 e. The SMILES string of the molecule is CS(C)(C)c1nc2ccccc2s1. The van der Waals surface area contributed by atoms with Crippen LogP contribution < -0.4 is 0 Å². The average molecular weight is 211 g/mol. The van der Waals surface area contributed by atoms with Gasteiger partial charge in [-0.05, 0) is 30.9 Å². The fraction of sp³-hybridized carbons (Fsp3) is 0.300. The molecule has 0 N–H and O–H groups in total. The number of aromatic nitrogens is 1. The molecule has 0 unspecified atom stereocenters. The van der Waals surface area contributed by atoms with E-state index in [-0.39, 0.29) is 0 Å². The predicted molar refractivity (Wildman–Crippen MR) is 63.2 cm³/mol. The Morgan fingerprint density at radius 1 is 1.15 bits per heavy atom. The molecular formula is C10H13NS2. The van der Waals surface area contributed by atoms with Crippen molar-refractivity contribution in [1.29, 1.82) is 0 Å². The highest BCUT2D eigenvalue weighted by Crippen LogP contribution is 2.48. The summed E-state index contributed by atoms with van der Waals surface area (Å²) in [4.78, 5) is 4.64. The highest BCUT2D eigenvalue weighted by Gasteiger charge is 2.13. The molecular weight excluding hydrogens is 198 g/mol. The smallest absolute Gasteiger partial charge is 0.133 e. The molecule has 0 bridgehead atoms. The van der Waals surface area contributed by atoms with Crippen LogP contribution in [-0.2, 0) is 0 Å². The Kier molecular flexibility index (Phi) is 2.08. The molecule has 0 aliphatic heterocycles. The van der Waals surface area contributed by atoms with Crippen LogP contribution in [0.2, 0.25) is 0 Å². The molecule has 0 fully saturated rings. The van der Waals surface area contributed by atoms with Gasteiger partial charge in [-0.2, -0.15) is 10.0 Å². The minimum absolute atomic E-state index is 0.657. The lowest BCUT2D eigenvalue weighted by molar-refractivity contribution is 1.29. The first-order valence-electron chi connectivity index (χ1n) is 4.11. The Balaban J connectivity index is 2.63. The van der Waals surface area contributed by atoms with Gasteiger partial charge in [-0.1, -0.05) is 12.1 Å². The standard InChI is InChI=1S/C10H13NS2/c1-13(2,3)10-11-8-6-4-5-7-9(8)12-10/h4-7H,1-3H3. The van der Waals surface area contributed by atoms with Crippen LogP contribution in [0.1, 0.15) is 0 Å². The fourth-order valence-corrected chi connectivity index (χ4v) is 3.45. The fourth-order valence-electron chi connectivity index (χ4n) is 1.11. The van der Waals surface area contributed by atoms with Crippen LogP contribution >= 0.6 is 21.4 Å². The zero-order valence-corrected chi connectivity index (χ0v) is 9.71. The summed E-state index contributed by atoms with van der Waals surface area (Å²) in [7, 11) is -0.657. The van der Waals surface area contributed by atoms with E-state index in [1.165, 1.54) is 9.04 Å². The molecule has 1 heterocycles. The van der Waals surface area contributed by atoms with E-state index in [4.69, 9.17) is 0 Å². The highest BCUT2D eigenvalue weighted by atomic mass is 32.3. The van der Waals surface area contributed by atoms with E-state index < -0.39 is 10.0 Å². The van der Waals surface area contributed by atoms with Crippen molar-refractivity contribution < 1.29 is 0 Å². The van der Waals surface area contributed by atoms with Gasteiger partial charge in [0.05, 0.1) is 10.2 Å². The maximum atomic E-state index is 4.64. The Morgan fingerprint density at radius 2 is 1.85 bits per heavy atom. The van der Waals surface area contributed by atoms with Crippen molar-refractivity contribution in [2.24, 2.45) is 0 Å². The Bertz CT molecular complexity index is 393. The molecule has 0 amide bonds. The summed E-state index contributed by atoms with van der Waals surface area (Å²) in [6.45, 7) is 0. The van der Waals surface area contributed by atoms with Crippen LogP contribution in [-0.4, -0.2) is 23.8 Å². The predicted octanol–water partition coefficient (Wildman–Crippen LogP) is 3.35. The van der Waals surface area contributed by atoms with Gasteiger partial charge in [-0.25, -0.2) is 4.98 Å². The number of hydrogen-bond acceptors (Lipinski definition) is 2. The molecule has 1 aromatic heterocycles. The summed E-state index contributed by atoms with van der Waals surface area (Å²) in [6, 6.07) is 8.34. The average Bonchev–Trinajstić information content (AvgIpc) is 2.45. The zero-order chi connectivity index (χ0) is 9.47. The Morgan fingerprint density at radius 3 is 2.46 bits per heavy atom. The van der Waals surface area contributed by atoms with E-state index in [0.717, 1.165) is 5.52 Å². The minimum Gasteiger partial charge on any atom is -0.231 e. The molecule has 0 atom stereocenters. The summed E-state index contributed by atoms with van der Waals surface area (Å²) in [5.41, 5.74) is 1.14. The van der Waals surface area contributed by atoms with Crippen molar-refractivity contribution in [2.75, 3.05) is 18.8 Å². The van der Waals surface area contributed by atoms with Gasteiger partial charge in [-0.3, -0.25) is 0 Å². The van der Waals surface area contributed by atoms with Gasteiger partial charge in [0, 0.05) is 0 Å². The van der Waals surface area contributed by atoms with Gasteiger partial charge in [0.2, 0.25) is 0 Å². The lowest BCUT2D eigenvalue weighted by Crippen LogP contribution is -1.90. The second-order valence-corrected chi connectivity index (χ2v) is 9.13. The van der Waals surface area contributed by atoms with Crippen molar-refractivity contribution in [2.45, 2.75) is 4.34 Å². The largest absolute Gasteiger partial charge is 0.231 e. The molecule has 2 rings (SSSR count). The van der Waals surface area contributed by atoms with Crippen molar-refractivity contribution in [3.05, 3.63) is 24.3 Å². The Hall–Kier alpha value is -0.540. The van der Waals surface area contributed by atoms with Gasteiger partial charge < -0.3 is 0 Å². The molecule has 0 aliphatic carbocycles. The molecule has 0 spiro atoms. The number of benzene rings is 1. The number of rotatable bonds is 1. The highest BCUT2D eigenvalue weighted by molar-refractivity contribution is 8.33. The third-order valence-corrected chi connectivity index (χ3v) is 5.52. The van der Waals surface area contributed by atoms with E-state index in [0.29, 0.717) is 0 Å². The third-order valence-electron chi connectivity index (χ3n) is 1.80. The van der Waals surface area contributed by atoms with Crippen molar-refractivity contribution in [1.82, 2.24) is 4.98 Å². The zero-order valence-electron chi connectivity index (χ0n) is 8.07. The first kappa shape index (κ1) is 9.03. The first-order valence-corrected chi connectivity index (χ1v) is 7.79. The van der Waals surface area contributed by atoms with Gasteiger partial charge in [0.25, 0.3) is 0 Å². The molecule has 13 heavy (non-hydrogen) atoms. The van der Waals surface area contributed by atoms with E-state index in [2.05, 4.69) is 42.0 Å².